The molecule has 1 unspecified atom stereocenters. The molecular weight excluding hydrogens is 202 g/mol. The number of alkyl halides is 1. The van der Waals surface area contributed by atoms with Gasteiger partial charge in [0.2, 0.25) is 6.08 Å². The maximum absolute atomic E-state index is 10.2. The van der Waals surface area contributed by atoms with E-state index in [2.05, 4.69) is 25.7 Å². The van der Waals surface area contributed by atoms with Gasteiger partial charge in [0, 0.05) is 6.92 Å². The molecule has 0 bridgehead atoms. The predicted octanol–water partition coefficient (Wildman–Crippen LogP) is 0.606. The van der Waals surface area contributed by atoms with Gasteiger partial charge in [0.1, 0.15) is 6.61 Å². The lowest BCUT2D eigenvalue weighted by atomic mass is 10.7. The molecule has 0 heterocycles. The number of rotatable bonds is 3. The lowest BCUT2D eigenvalue weighted by molar-refractivity contribution is -0.140. The third-order valence-electron chi connectivity index (χ3n) is 0.617. The van der Waals surface area contributed by atoms with E-state index in [1.54, 1.807) is 0 Å². The minimum atomic E-state index is -0.478. The van der Waals surface area contributed by atoms with Crippen molar-refractivity contribution >= 4 is 28.0 Å². The van der Waals surface area contributed by atoms with Crippen LogP contribution in [0.5, 0.6) is 0 Å². The van der Waals surface area contributed by atoms with Crippen LogP contribution in [0.1, 0.15) is 6.92 Å². The minimum absolute atomic E-state index is 0.0601. The van der Waals surface area contributed by atoms with Crippen molar-refractivity contribution in [2.75, 3.05) is 6.61 Å². The Balaban J connectivity index is 3.48. The summed E-state index contributed by atoms with van der Waals surface area (Å²) in [5.74, 6) is -0.398. The molecule has 0 aromatic heterocycles. The van der Waals surface area contributed by atoms with Gasteiger partial charge in [-0.1, -0.05) is 15.9 Å². The summed E-state index contributed by atoms with van der Waals surface area (Å²) in [6.45, 7) is 1.34. The van der Waals surface area contributed by atoms with Crippen LogP contribution < -0.4 is 0 Å². The molecule has 0 saturated heterocycles. The summed E-state index contributed by atoms with van der Waals surface area (Å²) in [6, 6.07) is 0. The van der Waals surface area contributed by atoms with E-state index < -0.39 is 10.9 Å². The van der Waals surface area contributed by atoms with Crippen LogP contribution in [0.2, 0.25) is 0 Å². The van der Waals surface area contributed by atoms with E-state index in [0.717, 1.165) is 0 Å². The molecule has 5 heteroatoms. The Morgan fingerprint density at radius 3 is 2.90 bits per heavy atom. The highest BCUT2D eigenvalue weighted by molar-refractivity contribution is 9.09. The number of isocyanates is 1. The van der Waals surface area contributed by atoms with Crippen LogP contribution in [0, 0.1) is 0 Å². The van der Waals surface area contributed by atoms with Gasteiger partial charge in [-0.25, -0.2) is 4.79 Å². The van der Waals surface area contributed by atoms with Crippen molar-refractivity contribution in [3.63, 3.8) is 0 Å². The van der Waals surface area contributed by atoms with Gasteiger partial charge < -0.3 is 4.74 Å². The Kier molecular flexibility index (Phi) is 4.80. The molecule has 0 N–H and O–H groups in total. The maximum atomic E-state index is 10.2. The number of aliphatic imine (C=N–C) groups is 1. The average Bonchev–Trinajstić information content (AvgIpc) is 1.85. The number of hydrogen-bond acceptors (Lipinski definition) is 4. The number of carbonyl (C=O) groups is 1. The molecule has 4 nitrogen and oxygen atoms in total. The largest absolute Gasteiger partial charge is 0.463 e. The van der Waals surface area contributed by atoms with Crippen molar-refractivity contribution in [2.24, 2.45) is 4.99 Å². The molecule has 56 valence electrons. The number of esters is 1. The first kappa shape index (κ1) is 9.33. The molecule has 0 aromatic rings. The lowest BCUT2D eigenvalue weighted by Gasteiger charge is -2.00. The minimum Gasteiger partial charge on any atom is -0.463 e. The zero-order valence-electron chi connectivity index (χ0n) is 5.33. The topological polar surface area (TPSA) is 55.7 Å². The fraction of sp³-hybridized carbons (Fsp3) is 0.600. The molecule has 0 aliphatic carbocycles. The molecule has 0 rings (SSSR count). The van der Waals surface area contributed by atoms with E-state index in [0.29, 0.717) is 0 Å². The van der Waals surface area contributed by atoms with Gasteiger partial charge in [0.15, 0.2) is 4.95 Å². The quantitative estimate of drug-likeness (QED) is 0.224. The Morgan fingerprint density at radius 1 is 1.90 bits per heavy atom. The maximum Gasteiger partial charge on any atom is 0.302 e. The molecule has 0 radical (unpaired) electrons. The molecule has 0 saturated carbocycles. The number of ether oxygens (including phenoxy) is 1. The summed E-state index contributed by atoms with van der Waals surface area (Å²) in [6.07, 6.45) is 1.33. The van der Waals surface area contributed by atoms with Crippen molar-refractivity contribution in [3.05, 3.63) is 0 Å². The Bertz CT molecular complexity index is 164. The molecule has 0 spiro atoms. The van der Waals surface area contributed by atoms with E-state index in [1.165, 1.54) is 13.0 Å². The Labute approximate surface area is 66.4 Å². The molecular formula is C5H6BrNO3. The van der Waals surface area contributed by atoms with Gasteiger partial charge in [0.05, 0.1) is 0 Å². The second kappa shape index (κ2) is 5.14. The van der Waals surface area contributed by atoms with E-state index in [-0.39, 0.29) is 6.61 Å². The fourth-order valence-electron chi connectivity index (χ4n) is 0.281. The average molecular weight is 208 g/mol. The molecule has 10 heavy (non-hydrogen) atoms. The molecule has 0 amide bonds. The zero-order chi connectivity index (χ0) is 7.98. The van der Waals surface area contributed by atoms with Crippen molar-refractivity contribution in [2.45, 2.75) is 11.9 Å². The van der Waals surface area contributed by atoms with E-state index >= 15 is 0 Å². The van der Waals surface area contributed by atoms with Gasteiger partial charge in [0.25, 0.3) is 0 Å². The molecule has 0 aliphatic heterocycles. The van der Waals surface area contributed by atoms with Gasteiger partial charge >= 0.3 is 5.97 Å². The summed E-state index contributed by atoms with van der Waals surface area (Å²) in [7, 11) is 0. The Hall–Kier alpha value is -0.670. The Morgan fingerprint density at radius 2 is 2.50 bits per heavy atom. The predicted molar refractivity (Wildman–Crippen MR) is 37.5 cm³/mol. The van der Waals surface area contributed by atoms with Crippen LogP contribution in [-0.4, -0.2) is 23.6 Å². The van der Waals surface area contributed by atoms with Crippen LogP contribution in [0.4, 0.5) is 0 Å². The van der Waals surface area contributed by atoms with Gasteiger partial charge in [-0.2, -0.15) is 4.99 Å². The summed E-state index contributed by atoms with van der Waals surface area (Å²) in [5.41, 5.74) is 0. The van der Waals surface area contributed by atoms with Crippen LogP contribution >= 0.6 is 15.9 Å². The van der Waals surface area contributed by atoms with Crippen molar-refractivity contribution < 1.29 is 14.3 Å². The monoisotopic (exact) mass is 207 g/mol. The number of halogens is 1. The highest BCUT2D eigenvalue weighted by Gasteiger charge is 2.01. The molecule has 0 aliphatic rings. The number of hydrogen-bond donors (Lipinski definition) is 0. The van der Waals surface area contributed by atoms with E-state index in [4.69, 9.17) is 0 Å². The second-order valence-corrected chi connectivity index (χ2v) is 2.51. The summed E-state index contributed by atoms with van der Waals surface area (Å²) in [5, 5.41) is 0. The number of nitrogens with zero attached hydrogens (tertiary/aromatic N) is 1. The molecule has 1 atom stereocenters. The summed E-state index contributed by atoms with van der Waals surface area (Å²) >= 11 is 2.96. The first-order valence-electron chi connectivity index (χ1n) is 2.51. The van der Waals surface area contributed by atoms with Crippen LogP contribution in [-0.2, 0) is 14.3 Å². The second-order valence-electron chi connectivity index (χ2n) is 1.46. The van der Waals surface area contributed by atoms with Crippen LogP contribution in [0.25, 0.3) is 0 Å². The van der Waals surface area contributed by atoms with Crippen molar-refractivity contribution in [3.8, 4) is 0 Å². The first-order valence-corrected chi connectivity index (χ1v) is 3.42. The highest BCUT2D eigenvalue weighted by Crippen LogP contribution is 1.99. The lowest BCUT2D eigenvalue weighted by Crippen LogP contribution is -2.08. The SMILES string of the molecule is CC(=O)OCC(Br)N=C=O. The highest BCUT2D eigenvalue weighted by atomic mass is 79.9. The summed E-state index contributed by atoms with van der Waals surface area (Å²) in [4.78, 5) is 22.5. The van der Waals surface area contributed by atoms with Gasteiger partial charge in [-0.15, -0.1) is 0 Å². The summed E-state index contributed by atoms with van der Waals surface area (Å²) < 4.78 is 4.50. The first-order chi connectivity index (χ1) is 4.66. The smallest absolute Gasteiger partial charge is 0.302 e. The fourth-order valence-corrected chi connectivity index (χ4v) is 0.496. The third-order valence-corrected chi connectivity index (χ3v) is 1.09. The van der Waals surface area contributed by atoms with E-state index in [9.17, 15) is 9.59 Å². The van der Waals surface area contributed by atoms with Crippen LogP contribution in [0.15, 0.2) is 4.99 Å². The molecule has 0 fully saturated rings. The normalized spacial score (nSPS) is 11.4. The van der Waals surface area contributed by atoms with Crippen molar-refractivity contribution in [1.29, 1.82) is 0 Å². The molecule has 0 aromatic carbocycles. The van der Waals surface area contributed by atoms with Crippen LogP contribution in [0.3, 0.4) is 0 Å². The standard InChI is InChI=1S/C5H6BrNO3/c1-4(9)10-2-5(6)7-3-8/h5H,2H2,1H3. The van der Waals surface area contributed by atoms with E-state index in [1.807, 2.05) is 0 Å². The zero-order valence-corrected chi connectivity index (χ0v) is 6.92. The number of carbonyl (C=O) groups excluding carboxylic acids is 2. The van der Waals surface area contributed by atoms with Crippen molar-refractivity contribution in [1.82, 2.24) is 0 Å². The van der Waals surface area contributed by atoms with Gasteiger partial charge in [-0.3, -0.25) is 4.79 Å². The van der Waals surface area contributed by atoms with Gasteiger partial charge in [-0.05, 0) is 0 Å². The third kappa shape index (κ3) is 5.47.